The molecule has 0 fully saturated rings. The van der Waals surface area contributed by atoms with Crippen molar-refractivity contribution in [3.63, 3.8) is 0 Å². The lowest BCUT2D eigenvalue weighted by Gasteiger charge is -2.07. The third kappa shape index (κ3) is 3.26. The topological polar surface area (TPSA) is 75.2 Å². The van der Waals surface area contributed by atoms with Gasteiger partial charge in [-0.05, 0) is 42.0 Å². The average Bonchev–Trinajstić information content (AvgIpc) is 3.13. The first-order chi connectivity index (χ1) is 14.7. The van der Waals surface area contributed by atoms with Gasteiger partial charge in [0.05, 0.1) is 22.3 Å². The molecular weight excluding hydrogens is 376 g/mol. The lowest BCUT2D eigenvalue weighted by atomic mass is 10.1. The number of H-pyrrole nitrogens is 1. The van der Waals surface area contributed by atoms with E-state index in [4.69, 9.17) is 9.72 Å². The molecule has 2 heterocycles. The zero-order chi connectivity index (χ0) is 20.5. The van der Waals surface area contributed by atoms with Crippen LogP contribution in [0.4, 0.5) is 0 Å². The molecule has 0 amide bonds. The molecule has 0 atom stereocenters. The number of nitrogens with one attached hydrogen (secondary N) is 1. The standard InChI is InChI=1S/C25H18N2O3/c28-24-23(19-8-4-5-9-21(19)27-24)22-13-11-18-14-16(10-12-20(18)26-22)15-30-25(29)17-6-2-1-3-7-17/h1-14,27-28H,15H2. The normalized spacial score (nSPS) is 11.1. The predicted molar refractivity (Wildman–Crippen MR) is 116 cm³/mol. The van der Waals surface area contributed by atoms with Crippen molar-refractivity contribution in [2.75, 3.05) is 0 Å². The second-order valence-electron chi connectivity index (χ2n) is 7.06. The molecule has 0 saturated heterocycles. The van der Waals surface area contributed by atoms with Crippen LogP contribution in [-0.4, -0.2) is 21.0 Å². The average molecular weight is 394 g/mol. The number of aromatic hydroxyl groups is 1. The fourth-order valence-corrected chi connectivity index (χ4v) is 3.60. The second-order valence-corrected chi connectivity index (χ2v) is 7.06. The summed E-state index contributed by atoms with van der Waals surface area (Å²) < 4.78 is 5.41. The number of carbonyl (C=O) groups is 1. The van der Waals surface area contributed by atoms with Crippen LogP contribution in [0.1, 0.15) is 15.9 Å². The molecule has 0 saturated carbocycles. The first-order valence-electron chi connectivity index (χ1n) is 9.61. The maximum atomic E-state index is 12.1. The number of benzene rings is 3. The zero-order valence-corrected chi connectivity index (χ0v) is 16.0. The number of aromatic amines is 1. The minimum absolute atomic E-state index is 0.104. The monoisotopic (exact) mass is 394 g/mol. The van der Waals surface area contributed by atoms with Gasteiger partial charge in [0.1, 0.15) is 6.61 Å². The Morgan fingerprint density at radius 2 is 1.73 bits per heavy atom. The quantitative estimate of drug-likeness (QED) is 0.398. The van der Waals surface area contributed by atoms with E-state index >= 15 is 0 Å². The van der Waals surface area contributed by atoms with Crippen molar-refractivity contribution in [1.29, 1.82) is 0 Å². The molecule has 0 aliphatic rings. The van der Waals surface area contributed by atoms with Crippen molar-refractivity contribution in [3.8, 4) is 17.1 Å². The van der Waals surface area contributed by atoms with E-state index in [9.17, 15) is 9.90 Å². The fraction of sp³-hybridized carbons (Fsp3) is 0.0400. The highest BCUT2D eigenvalue weighted by Gasteiger charge is 2.14. The van der Waals surface area contributed by atoms with Gasteiger partial charge >= 0.3 is 5.97 Å². The first kappa shape index (κ1) is 17.9. The molecular formula is C25H18N2O3. The summed E-state index contributed by atoms with van der Waals surface area (Å²) in [6.07, 6.45) is 0. The number of nitrogens with zero attached hydrogens (tertiary/aromatic N) is 1. The summed E-state index contributed by atoms with van der Waals surface area (Å²) in [5, 5.41) is 12.2. The second kappa shape index (κ2) is 7.37. The van der Waals surface area contributed by atoms with Crippen LogP contribution in [0, 0.1) is 0 Å². The van der Waals surface area contributed by atoms with Gasteiger partial charge in [-0.15, -0.1) is 0 Å². The molecule has 3 aromatic carbocycles. The first-order valence-corrected chi connectivity index (χ1v) is 9.61. The third-order valence-corrected chi connectivity index (χ3v) is 5.08. The van der Waals surface area contributed by atoms with Crippen LogP contribution < -0.4 is 0 Å². The van der Waals surface area contributed by atoms with Crippen LogP contribution in [0.5, 0.6) is 5.88 Å². The number of pyridine rings is 1. The Balaban J connectivity index is 1.41. The van der Waals surface area contributed by atoms with Gasteiger partial charge in [0.25, 0.3) is 0 Å². The Labute approximate surface area is 172 Å². The van der Waals surface area contributed by atoms with E-state index in [-0.39, 0.29) is 18.5 Å². The van der Waals surface area contributed by atoms with Gasteiger partial charge in [0.15, 0.2) is 5.88 Å². The van der Waals surface area contributed by atoms with Gasteiger partial charge < -0.3 is 14.8 Å². The van der Waals surface area contributed by atoms with Crippen molar-refractivity contribution in [2.24, 2.45) is 0 Å². The largest absolute Gasteiger partial charge is 0.494 e. The smallest absolute Gasteiger partial charge is 0.338 e. The van der Waals surface area contributed by atoms with Crippen LogP contribution in [-0.2, 0) is 11.3 Å². The summed E-state index contributed by atoms with van der Waals surface area (Å²) >= 11 is 0. The predicted octanol–water partition coefficient (Wildman–Crippen LogP) is 5.45. The number of rotatable bonds is 4. The summed E-state index contributed by atoms with van der Waals surface area (Å²) in [5.74, 6) is -0.244. The number of hydrogen-bond acceptors (Lipinski definition) is 4. The maximum absolute atomic E-state index is 12.1. The molecule has 5 heteroatoms. The Kier molecular flexibility index (Phi) is 4.41. The number of ether oxygens (including phenoxy) is 1. The highest BCUT2D eigenvalue weighted by Crippen LogP contribution is 2.36. The van der Waals surface area contributed by atoms with Gasteiger partial charge in [-0.1, -0.05) is 48.5 Å². The molecule has 0 aliphatic heterocycles. The summed E-state index contributed by atoms with van der Waals surface area (Å²) in [6, 6.07) is 26.3. The van der Waals surface area contributed by atoms with Crippen molar-refractivity contribution in [2.45, 2.75) is 6.61 Å². The van der Waals surface area contributed by atoms with Gasteiger partial charge in [-0.25, -0.2) is 9.78 Å². The van der Waals surface area contributed by atoms with Gasteiger partial charge in [0, 0.05) is 16.3 Å². The van der Waals surface area contributed by atoms with Gasteiger partial charge in [-0.2, -0.15) is 0 Å². The van der Waals surface area contributed by atoms with Gasteiger partial charge in [-0.3, -0.25) is 0 Å². The van der Waals surface area contributed by atoms with Crippen molar-refractivity contribution in [3.05, 3.63) is 96.1 Å². The Bertz CT molecular complexity index is 1370. The molecule has 0 unspecified atom stereocenters. The summed E-state index contributed by atoms with van der Waals surface area (Å²) in [5.41, 5.74) is 4.46. The van der Waals surface area contributed by atoms with Gasteiger partial charge in [0.2, 0.25) is 0 Å². The molecule has 0 spiro atoms. The molecule has 2 aromatic heterocycles. The van der Waals surface area contributed by atoms with Crippen LogP contribution in [0.15, 0.2) is 84.9 Å². The third-order valence-electron chi connectivity index (χ3n) is 5.08. The van der Waals surface area contributed by atoms with Crippen LogP contribution in [0.2, 0.25) is 0 Å². The van der Waals surface area contributed by atoms with E-state index in [1.165, 1.54) is 0 Å². The molecule has 30 heavy (non-hydrogen) atoms. The lowest BCUT2D eigenvalue weighted by Crippen LogP contribution is -2.04. The molecule has 2 N–H and O–H groups in total. The van der Waals surface area contributed by atoms with E-state index in [1.807, 2.05) is 60.7 Å². The van der Waals surface area contributed by atoms with Crippen LogP contribution in [0.3, 0.4) is 0 Å². The van der Waals surface area contributed by atoms with E-state index in [1.54, 1.807) is 24.3 Å². The van der Waals surface area contributed by atoms with Crippen LogP contribution >= 0.6 is 0 Å². The number of fused-ring (bicyclic) bond motifs is 2. The number of esters is 1. The van der Waals surface area contributed by atoms with Crippen molar-refractivity contribution >= 4 is 27.8 Å². The summed E-state index contributed by atoms with van der Waals surface area (Å²) in [4.78, 5) is 19.9. The number of para-hydroxylation sites is 1. The Morgan fingerprint density at radius 3 is 2.60 bits per heavy atom. The van der Waals surface area contributed by atoms with E-state index < -0.39 is 0 Å². The Morgan fingerprint density at radius 1 is 0.933 bits per heavy atom. The number of aromatic nitrogens is 2. The fourth-order valence-electron chi connectivity index (χ4n) is 3.60. The minimum Gasteiger partial charge on any atom is -0.494 e. The molecule has 0 bridgehead atoms. The minimum atomic E-state index is -0.348. The summed E-state index contributed by atoms with van der Waals surface area (Å²) in [6.45, 7) is 0.189. The zero-order valence-electron chi connectivity index (χ0n) is 16.0. The Hall–Kier alpha value is -4.12. The molecule has 5 aromatic rings. The maximum Gasteiger partial charge on any atom is 0.338 e. The molecule has 0 aliphatic carbocycles. The van der Waals surface area contributed by atoms with E-state index in [0.29, 0.717) is 16.8 Å². The molecule has 5 rings (SSSR count). The van der Waals surface area contributed by atoms with E-state index in [2.05, 4.69) is 4.98 Å². The SMILES string of the molecule is O=C(OCc1ccc2nc(-c3c(O)[nH]c4ccccc34)ccc2c1)c1ccccc1. The number of hydrogen-bond donors (Lipinski definition) is 2. The molecule has 146 valence electrons. The highest BCUT2D eigenvalue weighted by molar-refractivity contribution is 5.99. The molecule has 0 radical (unpaired) electrons. The van der Waals surface area contributed by atoms with E-state index in [0.717, 1.165) is 27.4 Å². The molecule has 5 nitrogen and oxygen atoms in total. The van der Waals surface area contributed by atoms with Crippen molar-refractivity contribution < 1.29 is 14.6 Å². The highest BCUT2D eigenvalue weighted by atomic mass is 16.5. The van der Waals surface area contributed by atoms with Crippen LogP contribution in [0.25, 0.3) is 33.1 Å². The van der Waals surface area contributed by atoms with Crippen molar-refractivity contribution in [1.82, 2.24) is 9.97 Å². The number of carbonyl (C=O) groups excluding carboxylic acids is 1. The lowest BCUT2D eigenvalue weighted by molar-refractivity contribution is 0.0473. The summed E-state index contributed by atoms with van der Waals surface area (Å²) in [7, 11) is 0.